The average molecular weight is 473 g/mol. The van der Waals surface area contributed by atoms with Crippen molar-refractivity contribution in [1.29, 1.82) is 0 Å². The normalized spacial score (nSPS) is 16.1. The fraction of sp³-hybridized carbons (Fsp3) is 0.480. The summed E-state index contributed by atoms with van der Waals surface area (Å²) >= 11 is 1.27. The van der Waals surface area contributed by atoms with Crippen LogP contribution >= 0.6 is 11.3 Å². The van der Waals surface area contributed by atoms with Gasteiger partial charge in [0.05, 0.1) is 33.8 Å². The van der Waals surface area contributed by atoms with Gasteiger partial charge in [-0.2, -0.15) is 0 Å². The minimum atomic E-state index is -0.706. The first-order valence-corrected chi connectivity index (χ1v) is 12.1. The molecular weight excluding hydrogens is 440 g/mol. The molecule has 0 spiro atoms. The van der Waals surface area contributed by atoms with E-state index in [0.717, 1.165) is 29.8 Å². The highest BCUT2D eigenvalue weighted by atomic mass is 32.1. The number of aryl methyl sites for hydroxylation is 2. The minimum Gasteiger partial charge on any atom is -0.503 e. The maximum Gasteiger partial charge on any atom is 0.290 e. The number of hydrogen-bond acceptors (Lipinski definition) is 7. The highest BCUT2D eigenvalue weighted by molar-refractivity contribution is 7.14. The zero-order valence-electron chi connectivity index (χ0n) is 19.7. The number of benzene rings is 1. The number of ketones is 1. The molecule has 0 saturated heterocycles. The number of unbranched alkanes of at least 4 members (excludes halogenated alkanes) is 2. The van der Waals surface area contributed by atoms with Crippen molar-refractivity contribution >= 4 is 23.0 Å². The zero-order chi connectivity index (χ0) is 24.0. The zero-order valence-corrected chi connectivity index (χ0v) is 20.5. The van der Waals surface area contributed by atoms with Crippen molar-refractivity contribution in [2.24, 2.45) is 0 Å². The summed E-state index contributed by atoms with van der Waals surface area (Å²) in [7, 11) is 1.60. The van der Waals surface area contributed by atoms with Gasteiger partial charge in [0.25, 0.3) is 5.91 Å². The Balaban J connectivity index is 1.98. The Labute approximate surface area is 199 Å². The third-order valence-electron chi connectivity index (χ3n) is 5.60. The maximum atomic E-state index is 13.5. The first-order valence-electron chi connectivity index (χ1n) is 11.3. The van der Waals surface area contributed by atoms with Crippen LogP contribution in [0.4, 0.5) is 0 Å². The molecule has 1 aliphatic rings. The van der Waals surface area contributed by atoms with E-state index in [-0.39, 0.29) is 11.4 Å². The Morgan fingerprint density at radius 2 is 2.00 bits per heavy atom. The van der Waals surface area contributed by atoms with Crippen LogP contribution in [0.5, 0.6) is 5.75 Å². The fourth-order valence-electron chi connectivity index (χ4n) is 4.02. The van der Waals surface area contributed by atoms with E-state index in [2.05, 4.69) is 11.9 Å². The molecule has 0 bridgehead atoms. The van der Waals surface area contributed by atoms with Crippen molar-refractivity contribution in [2.75, 3.05) is 26.9 Å². The van der Waals surface area contributed by atoms with Gasteiger partial charge in [-0.15, -0.1) is 11.3 Å². The number of aliphatic hydroxyl groups is 1. The van der Waals surface area contributed by atoms with E-state index in [1.54, 1.807) is 18.9 Å². The number of amides is 1. The van der Waals surface area contributed by atoms with Gasteiger partial charge < -0.3 is 19.5 Å². The summed E-state index contributed by atoms with van der Waals surface area (Å²) in [5, 5.41) is 11.6. The topological polar surface area (TPSA) is 89.0 Å². The highest BCUT2D eigenvalue weighted by Crippen LogP contribution is 2.41. The largest absolute Gasteiger partial charge is 0.503 e. The van der Waals surface area contributed by atoms with Crippen molar-refractivity contribution in [2.45, 2.75) is 52.5 Å². The van der Waals surface area contributed by atoms with Crippen LogP contribution in [0.25, 0.3) is 0 Å². The van der Waals surface area contributed by atoms with Gasteiger partial charge in [-0.1, -0.05) is 31.9 Å². The minimum absolute atomic E-state index is 0.0901. The van der Waals surface area contributed by atoms with Gasteiger partial charge in [0.1, 0.15) is 5.75 Å². The molecule has 1 atom stereocenters. The molecule has 2 aromatic rings. The molecule has 0 radical (unpaired) electrons. The molecule has 0 aliphatic carbocycles. The second-order valence-corrected chi connectivity index (χ2v) is 9.32. The number of ether oxygens (including phenoxy) is 2. The second kappa shape index (κ2) is 11.4. The Bertz CT molecular complexity index is 1030. The van der Waals surface area contributed by atoms with Gasteiger partial charge >= 0.3 is 0 Å². The number of thiazole rings is 1. The van der Waals surface area contributed by atoms with Crippen LogP contribution in [0.3, 0.4) is 0 Å². The quantitative estimate of drug-likeness (QED) is 0.348. The molecule has 0 fully saturated rings. The van der Waals surface area contributed by atoms with Gasteiger partial charge in [0.15, 0.2) is 5.76 Å². The number of rotatable bonds is 12. The first kappa shape index (κ1) is 24.9. The van der Waals surface area contributed by atoms with Crippen LogP contribution < -0.4 is 4.74 Å². The van der Waals surface area contributed by atoms with Crippen molar-refractivity contribution in [3.8, 4) is 5.75 Å². The molecule has 3 rings (SSSR count). The van der Waals surface area contributed by atoms with Crippen LogP contribution in [-0.2, 0) is 9.53 Å². The second-order valence-electron chi connectivity index (χ2n) is 8.11. The van der Waals surface area contributed by atoms with Gasteiger partial charge in [-0.25, -0.2) is 4.98 Å². The Morgan fingerprint density at radius 3 is 2.67 bits per heavy atom. The predicted molar refractivity (Wildman–Crippen MR) is 128 cm³/mol. The van der Waals surface area contributed by atoms with Gasteiger partial charge in [-0.05, 0) is 44.4 Å². The van der Waals surface area contributed by atoms with Gasteiger partial charge in [-0.3, -0.25) is 9.59 Å². The van der Waals surface area contributed by atoms with Crippen molar-refractivity contribution in [1.82, 2.24) is 9.88 Å². The molecule has 1 aromatic carbocycles. The smallest absolute Gasteiger partial charge is 0.290 e. The van der Waals surface area contributed by atoms with E-state index in [1.807, 2.05) is 31.2 Å². The number of aromatic nitrogens is 1. The van der Waals surface area contributed by atoms with Crippen LogP contribution in [-0.4, -0.2) is 53.5 Å². The van der Waals surface area contributed by atoms with E-state index < -0.39 is 17.7 Å². The Kier molecular flexibility index (Phi) is 8.63. The summed E-state index contributed by atoms with van der Waals surface area (Å²) in [6.45, 7) is 7.15. The summed E-state index contributed by atoms with van der Waals surface area (Å²) in [6, 6.07) is 6.72. The number of carbonyl (C=O) groups excluding carboxylic acids is 2. The van der Waals surface area contributed by atoms with Crippen molar-refractivity contribution in [3.05, 3.63) is 56.7 Å². The molecule has 33 heavy (non-hydrogen) atoms. The lowest BCUT2D eigenvalue weighted by molar-refractivity contribution is -0.129. The lowest BCUT2D eigenvalue weighted by Crippen LogP contribution is -2.32. The maximum absolute atomic E-state index is 13.5. The average Bonchev–Trinajstić information content (AvgIpc) is 3.27. The monoisotopic (exact) mass is 472 g/mol. The molecular formula is C25H32N2O5S. The summed E-state index contributed by atoms with van der Waals surface area (Å²) in [6.07, 6.45) is 3.74. The molecule has 1 aliphatic heterocycles. The summed E-state index contributed by atoms with van der Waals surface area (Å²) in [4.78, 5) is 32.9. The van der Waals surface area contributed by atoms with Crippen LogP contribution in [0.15, 0.2) is 35.6 Å². The van der Waals surface area contributed by atoms with E-state index in [0.29, 0.717) is 42.5 Å². The lowest BCUT2D eigenvalue weighted by Gasteiger charge is -2.27. The molecule has 1 aromatic heterocycles. The summed E-state index contributed by atoms with van der Waals surface area (Å²) < 4.78 is 11.0. The number of methoxy groups -OCH3 is 1. The Hall–Kier alpha value is -2.71. The van der Waals surface area contributed by atoms with E-state index >= 15 is 0 Å². The highest BCUT2D eigenvalue weighted by Gasteiger charge is 2.44. The number of Topliss-reactive ketones (excluding diaryl/α,β-unsaturated/α-hetero) is 1. The van der Waals surface area contributed by atoms with Crippen LogP contribution in [0, 0.1) is 13.8 Å². The first-order chi connectivity index (χ1) is 15.9. The standard InChI is InChI=1S/C25H32N2O5S/c1-5-6-7-14-32-19-11-8-10-18(15-19)21-20(22(28)24-16(2)26-17(3)33-24)23(29)25(30)27(21)12-9-13-31-4/h8,10-11,15,21,29H,5-7,9,12-14H2,1-4H3. The van der Waals surface area contributed by atoms with Gasteiger partial charge in [0.2, 0.25) is 5.78 Å². The Morgan fingerprint density at radius 1 is 1.21 bits per heavy atom. The third kappa shape index (κ3) is 5.62. The molecule has 1 N–H and O–H groups in total. The SMILES string of the molecule is CCCCCOc1cccc(C2C(C(=O)c3sc(C)nc3C)=C(O)C(=O)N2CCCOC)c1. The molecule has 1 unspecified atom stereocenters. The van der Waals surface area contributed by atoms with E-state index in [4.69, 9.17) is 9.47 Å². The van der Waals surface area contributed by atoms with Crippen molar-refractivity contribution < 1.29 is 24.2 Å². The summed E-state index contributed by atoms with van der Waals surface area (Å²) in [5.41, 5.74) is 1.41. The third-order valence-corrected chi connectivity index (χ3v) is 6.67. The lowest BCUT2D eigenvalue weighted by atomic mass is 9.95. The molecule has 7 nitrogen and oxygen atoms in total. The molecule has 8 heteroatoms. The van der Waals surface area contributed by atoms with Gasteiger partial charge in [0, 0.05) is 20.3 Å². The summed E-state index contributed by atoms with van der Waals surface area (Å²) in [5.74, 6) is -0.733. The molecule has 0 saturated carbocycles. The van der Waals surface area contributed by atoms with E-state index in [1.165, 1.54) is 11.3 Å². The predicted octanol–water partition coefficient (Wildman–Crippen LogP) is 4.94. The molecule has 1 amide bonds. The fourth-order valence-corrected chi connectivity index (χ4v) is 4.90. The molecule has 2 heterocycles. The number of hydrogen-bond donors (Lipinski definition) is 1. The van der Waals surface area contributed by atoms with Crippen LogP contribution in [0.1, 0.15) is 64.6 Å². The van der Waals surface area contributed by atoms with Crippen molar-refractivity contribution in [3.63, 3.8) is 0 Å². The van der Waals surface area contributed by atoms with Crippen LogP contribution in [0.2, 0.25) is 0 Å². The number of nitrogens with zero attached hydrogens (tertiary/aromatic N) is 2. The number of carbonyl (C=O) groups is 2. The number of aliphatic hydroxyl groups excluding tert-OH is 1. The molecule has 178 valence electrons. The van der Waals surface area contributed by atoms with E-state index in [9.17, 15) is 14.7 Å².